The van der Waals surface area contributed by atoms with Gasteiger partial charge >= 0.3 is 5.97 Å². The van der Waals surface area contributed by atoms with Crippen LogP contribution in [0.25, 0.3) is 11.1 Å². The van der Waals surface area contributed by atoms with Crippen LogP contribution in [-0.2, 0) is 4.74 Å². The first-order chi connectivity index (χ1) is 8.95. The highest BCUT2D eigenvalue weighted by molar-refractivity contribution is 6.38. The molecule has 0 saturated heterocycles. The number of hydrogen-bond acceptors (Lipinski definition) is 6. The van der Waals surface area contributed by atoms with E-state index in [0.29, 0.717) is 5.89 Å². The predicted octanol–water partition coefficient (Wildman–Crippen LogP) is 2.87. The number of aryl methyl sites for hydroxylation is 1. The van der Waals surface area contributed by atoms with Crippen molar-refractivity contribution in [2.24, 2.45) is 0 Å². The Morgan fingerprint density at radius 1 is 1.63 bits per heavy atom. The smallest absolute Gasteiger partial charge is 0.346 e. The molecule has 0 amide bonds. The van der Waals surface area contributed by atoms with E-state index in [1.54, 1.807) is 13.8 Å². The van der Waals surface area contributed by atoms with Crippen LogP contribution >= 0.6 is 11.6 Å². The van der Waals surface area contributed by atoms with E-state index in [2.05, 4.69) is 4.98 Å². The highest BCUT2D eigenvalue weighted by atomic mass is 35.5. The molecule has 2 rings (SSSR count). The first-order valence-electron chi connectivity index (χ1n) is 5.36. The van der Waals surface area contributed by atoms with Crippen molar-refractivity contribution in [3.05, 3.63) is 32.7 Å². The topological polar surface area (TPSA) is 95.5 Å². The van der Waals surface area contributed by atoms with Crippen molar-refractivity contribution < 1.29 is 18.9 Å². The minimum atomic E-state index is -0.866. The molecule has 8 heteroatoms. The van der Waals surface area contributed by atoms with E-state index in [1.807, 2.05) is 0 Å². The zero-order valence-electron chi connectivity index (χ0n) is 10.1. The second-order valence-electron chi connectivity index (χ2n) is 3.64. The maximum Gasteiger partial charge on any atom is 0.346 e. The Morgan fingerprint density at radius 2 is 2.32 bits per heavy atom. The Hall–Kier alpha value is -2.15. The van der Waals surface area contributed by atoms with Gasteiger partial charge in [0.05, 0.1) is 11.5 Å². The Kier molecular flexibility index (Phi) is 3.39. The normalized spacial score (nSPS) is 10.7. The number of hydrogen-bond donors (Lipinski definition) is 0. The van der Waals surface area contributed by atoms with E-state index in [-0.39, 0.29) is 28.3 Å². The molecule has 0 aliphatic heterocycles. The highest BCUT2D eigenvalue weighted by Gasteiger charge is 2.29. The van der Waals surface area contributed by atoms with Crippen molar-refractivity contribution in [1.82, 2.24) is 4.98 Å². The van der Waals surface area contributed by atoms with Gasteiger partial charge in [0.1, 0.15) is 10.5 Å². The summed E-state index contributed by atoms with van der Waals surface area (Å²) in [5.74, 6) is -0.567. The van der Waals surface area contributed by atoms with Crippen LogP contribution in [0.5, 0.6) is 0 Å². The van der Waals surface area contributed by atoms with Crippen LogP contribution < -0.4 is 0 Å². The number of carbonyl (C=O) groups excluding carboxylic acids is 1. The molecule has 1 aromatic heterocycles. The number of esters is 1. The maximum atomic E-state index is 11.8. The van der Waals surface area contributed by atoms with E-state index in [0.717, 1.165) is 6.07 Å². The molecule has 0 unspecified atom stereocenters. The highest BCUT2D eigenvalue weighted by Crippen LogP contribution is 2.35. The van der Waals surface area contributed by atoms with Gasteiger partial charge in [-0.05, 0) is 6.92 Å². The van der Waals surface area contributed by atoms with Gasteiger partial charge in [0.25, 0.3) is 5.69 Å². The van der Waals surface area contributed by atoms with Crippen molar-refractivity contribution >= 4 is 34.4 Å². The molecule has 100 valence electrons. The largest absolute Gasteiger partial charge is 0.462 e. The predicted molar refractivity (Wildman–Crippen MR) is 66.4 cm³/mol. The summed E-state index contributed by atoms with van der Waals surface area (Å²) in [4.78, 5) is 26.0. The third-order valence-electron chi connectivity index (χ3n) is 2.38. The summed E-state index contributed by atoms with van der Waals surface area (Å²) in [7, 11) is 0. The van der Waals surface area contributed by atoms with Crippen LogP contribution in [0.1, 0.15) is 23.2 Å². The monoisotopic (exact) mass is 284 g/mol. The molecule has 0 atom stereocenters. The van der Waals surface area contributed by atoms with Crippen LogP contribution in [0.3, 0.4) is 0 Å². The second-order valence-corrected chi connectivity index (χ2v) is 4.02. The summed E-state index contributed by atoms with van der Waals surface area (Å²) < 4.78 is 9.99. The Bertz CT molecular complexity index is 679. The number of nitro benzene ring substituents is 1. The van der Waals surface area contributed by atoms with E-state index in [4.69, 9.17) is 20.8 Å². The molecule has 0 aliphatic carbocycles. The van der Waals surface area contributed by atoms with Gasteiger partial charge in [-0.1, -0.05) is 11.6 Å². The van der Waals surface area contributed by atoms with Crippen molar-refractivity contribution in [3.63, 3.8) is 0 Å². The van der Waals surface area contributed by atoms with Crippen LogP contribution in [-0.4, -0.2) is 22.5 Å². The van der Waals surface area contributed by atoms with Gasteiger partial charge in [0, 0.05) is 13.0 Å². The number of nitro groups is 1. The fourth-order valence-electron chi connectivity index (χ4n) is 1.67. The zero-order chi connectivity index (χ0) is 14.2. The quantitative estimate of drug-likeness (QED) is 0.488. The lowest BCUT2D eigenvalue weighted by Crippen LogP contribution is -2.09. The number of oxazole rings is 1. The lowest BCUT2D eigenvalue weighted by molar-refractivity contribution is -0.385. The molecule has 0 aliphatic rings. The lowest BCUT2D eigenvalue weighted by atomic mass is 10.1. The zero-order valence-corrected chi connectivity index (χ0v) is 10.9. The summed E-state index contributed by atoms with van der Waals surface area (Å²) in [6, 6.07) is 1.14. The fraction of sp³-hybridized carbons (Fsp3) is 0.273. The van der Waals surface area contributed by atoms with Gasteiger partial charge in [0.15, 0.2) is 17.0 Å². The molecule has 19 heavy (non-hydrogen) atoms. The number of ether oxygens (including phenoxy) is 1. The van der Waals surface area contributed by atoms with Crippen LogP contribution in [0.15, 0.2) is 10.5 Å². The average Bonchev–Trinajstić information content (AvgIpc) is 2.70. The first-order valence-corrected chi connectivity index (χ1v) is 5.74. The third-order valence-corrected chi connectivity index (χ3v) is 2.75. The Morgan fingerprint density at radius 3 is 2.89 bits per heavy atom. The van der Waals surface area contributed by atoms with Gasteiger partial charge in [-0.2, -0.15) is 0 Å². The van der Waals surface area contributed by atoms with E-state index in [1.165, 1.54) is 0 Å². The number of halogens is 1. The number of aromatic nitrogens is 1. The summed E-state index contributed by atoms with van der Waals surface area (Å²) in [6.07, 6.45) is 0. The SMILES string of the molecule is CCOC(=O)c1c([N+](=O)[O-])cc2nc(C)oc2c1Cl. The molecule has 1 aromatic carbocycles. The molecule has 0 N–H and O–H groups in total. The molecule has 1 heterocycles. The molecular weight excluding hydrogens is 276 g/mol. The fourth-order valence-corrected chi connectivity index (χ4v) is 1.98. The molecule has 0 radical (unpaired) electrons. The van der Waals surface area contributed by atoms with Gasteiger partial charge < -0.3 is 9.15 Å². The molecular formula is C11H9ClN2O5. The molecule has 2 aromatic rings. The molecule has 0 saturated carbocycles. The molecule has 7 nitrogen and oxygen atoms in total. The van der Waals surface area contributed by atoms with Crippen molar-refractivity contribution in [2.75, 3.05) is 6.61 Å². The average molecular weight is 285 g/mol. The molecule has 0 bridgehead atoms. The first kappa shape index (κ1) is 13.3. The second kappa shape index (κ2) is 4.85. The van der Waals surface area contributed by atoms with E-state index in [9.17, 15) is 14.9 Å². The van der Waals surface area contributed by atoms with Crippen molar-refractivity contribution in [2.45, 2.75) is 13.8 Å². The number of rotatable bonds is 3. The summed E-state index contributed by atoms with van der Waals surface area (Å²) in [5.41, 5.74) is -0.420. The maximum absolute atomic E-state index is 11.8. The lowest BCUT2D eigenvalue weighted by Gasteiger charge is -2.04. The minimum absolute atomic E-state index is 0.0831. The molecule has 0 fully saturated rings. The van der Waals surface area contributed by atoms with Gasteiger partial charge in [0.2, 0.25) is 0 Å². The minimum Gasteiger partial charge on any atom is -0.462 e. The summed E-state index contributed by atoms with van der Waals surface area (Å²) in [6.45, 7) is 3.25. The van der Waals surface area contributed by atoms with Crippen molar-refractivity contribution in [3.8, 4) is 0 Å². The Balaban J connectivity index is 2.77. The number of fused-ring (bicyclic) bond motifs is 1. The van der Waals surface area contributed by atoms with Crippen LogP contribution in [0.4, 0.5) is 5.69 Å². The van der Waals surface area contributed by atoms with E-state index >= 15 is 0 Å². The van der Waals surface area contributed by atoms with Gasteiger partial charge in [-0.3, -0.25) is 10.1 Å². The summed E-state index contributed by atoms with van der Waals surface area (Å²) in [5, 5.41) is 10.9. The van der Waals surface area contributed by atoms with Gasteiger partial charge in [-0.25, -0.2) is 9.78 Å². The number of nitrogens with zero attached hydrogens (tertiary/aromatic N) is 2. The van der Waals surface area contributed by atoms with Crippen LogP contribution in [0.2, 0.25) is 5.02 Å². The van der Waals surface area contributed by atoms with Gasteiger partial charge in [-0.15, -0.1) is 0 Å². The van der Waals surface area contributed by atoms with E-state index < -0.39 is 16.6 Å². The molecule has 0 spiro atoms. The summed E-state index contributed by atoms with van der Waals surface area (Å²) >= 11 is 6.00. The number of carbonyl (C=O) groups is 1. The third kappa shape index (κ3) is 2.24. The standard InChI is InChI=1S/C11H9ClN2O5/c1-3-18-11(15)8-7(14(16)17)4-6-10(9(8)12)19-5(2)13-6/h4H,3H2,1-2H3. The van der Waals surface area contributed by atoms with Crippen LogP contribution in [0, 0.1) is 17.0 Å². The van der Waals surface area contributed by atoms with Crippen molar-refractivity contribution in [1.29, 1.82) is 0 Å². The Labute approximate surface area is 112 Å². The number of benzene rings is 1.